The zero-order valence-corrected chi connectivity index (χ0v) is 31.8. The minimum Gasteiger partial charge on any atom is -0.444 e. The van der Waals surface area contributed by atoms with Gasteiger partial charge in [-0.3, -0.25) is 13.9 Å². The van der Waals surface area contributed by atoms with Crippen LogP contribution in [0.1, 0.15) is 83.8 Å². The smallest absolute Gasteiger partial charge is 0.417 e. The van der Waals surface area contributed by atoms with Crippen molar-refractivity contribution in [1.82, 2.24) is 28.7 Å². The summed E-state index contributed by atoms with van der Waals surface area (Å²) in [6, 6.07) is 3.03. The topological polar surface area (TPSA) is 121 Å². The molecule has 53 heavy (non-hydrogen) atoms. The van der Waals surface area contributed by atoms with Gasteiger partial charge in [0, 0.05) is 37.8 Å². The molecule has 7 atom stereocenters. The fourth-order valence-electron chi connectivity index (χ4n) is 14.6. The molecule has 3 aromatic rings. The van der Waals surface area contributed by atoms with E-state index in [4.69, 9.17) is 14.6 Å². The average Bonchev–Trinajstić information content (AvgIpc) is 3.79. The Morgan fingerprint density at radius 1 is 0.925 bits per heavy atom. The molecule has 7 fully saturated rings. The van der Waals surface area contributed by atoms with Gasteiger partial charge in [0.05, 0.1) is 28.5 Å². The summed E-state index contributed by atoms with van der Waals surface area (Å²) < 4.78 is 31.8. The van der Waals surface area contributed by atoms with Crippen molar-refractivity contribution in [3.8, 4) is 11.5 Å². The Morgan fingerprint density at radius 3 is 2.09 bits per heavy atom. The second-order valence-electron chi connectivity index (χ2n) is 19.3. The summed E-state index contributed by atoms with van der Waals surface area (Å²) in [5.74, 6) is 1.51. The van der Waals surface area contributed by atoms with Crippen LogP contribution in [0.5, 0.6) is 0 Å². The summed E-state index contributed by atoms with van der Waals surface area (Å²) in [5.41, 5.74) is 0.943. The molecule has 0 saturated heterocycles. The largest absolute Gasteiger partial charge is 0.444 e. The lowest BCUT2D eigenvalue weighted by Crippen LogP contribution is -2.92. The van der Waals surface area contributed by atoms with Gasteiger partial charge < -0.3 is 14.4 Å². The highest BCUT2D eigenvalue weighted by molar-refractivity contribution is 5.96. The minimum absolute atomic E-state index is 0.118. The standard InChI is InChI=1S/C40H45FN6O6/c1-17-15-21(16-18(2)24(17)41)47-29(23-19(3)43(12-11-22(23)42-47)33(50)52-35(5,6)7)44-13-14-45(32(44)49)39-25-27-37(25)30(39)38-26(39)28(38)40(27,31(37)38)46(20(4)48)34(51)53-36(8,9)10/h13-16,19,25-28,30-31H,11-12H2,1-10H3. The summed E-state index contributed by atoms with van der Waals surface area (Å²) in [6.07, 6.45) is 3.20. The number of aromatic nitrogens is 4. The van der Waals surface area contributed by atoms with Gasteiger partial charge >= 0.3 is 17.9 Å². The predicted octanol–water partition coefficient (Wildman–Crippen LogP) is 5.42. The Labute approximate surface area is 306 Å². The van der Waals surface area contributed by atoms with Crippen molar-refractivity contribution in [2.24, 2.45) is 46.3 Å². The van der Waals surface area contributed by atoms with Crippen molar-refractivity contribution in [2.75, 3.05) is 6.54 Å². The van der Waals surface area contributed by atoms with E-state index >= 15 is 0 Å². The Hall–Kier alpha value is -4.42. The van der Waals surface area contributed by atoms with E-state index < -0.39 is 35.0 Å². The maximum absolute atomic E-state index is 15.0. The number of hydrogen-bond donors (Lipinski definition) is 0. The number of ether oxygens (including phenoxy) is 2. The summed E-state index contributed by atoms with van der Waals surface area (Å²) in [7, 11) is 0. The molecule has 278 valence electrons. The van der Waals surface area contributed by atoms with E-state index in [1.54, 1.807) is 40.1 Å². The Balaban J connectivity index is 1.01. The molecule has 0 radical (unpaired) electrons. The van der Waals surface area contributed by atoms with Gasteiger partial charge in [-0.2, -0.15) is 5.10 Å². The van der Waals surface area contributed by atoms with Gasteiger partial charge in [-0.1, -0.05) is 0 Å². The van der Waals surface area contributed by atoms with Crippen LogP contribution in [-0.4, -0.2) is 70.1 Å². The molecule has 3 heterocycles. The minimum atomic E-state index is -0.722. The lowest BCUT2D eigenvalue weighted by Gasteiger charge is -2.87. The molecule has 11 rings (SSSR count). The van der Waals surface area contributed by atoms with Crippen LogP contribution in [-0.2, 0) is 26.2 Å². The molecule has 13 heteroatoms. The molecule has 1 aromatic carbocycles. The van der Waals surface area contributed by atoms with Crippen molar-refractivity contribution in [2.45, 2.75) is 104 Å². The highest BCUT2D eigenvalue weighted by atomic mass is 19.1. The molecule has 2 aromatic heterocycles. The molecular formula is C40H45FN6O6. The van der Waals surface area contributed by atoms with Crippen LogP contribution in [0.15, 0.2) is 29.3 Å². The molecule has 0 N–H and O–H groups in total. The summed E-state index contributed by atoms with van der Waals surface area (Å²) in [4.78, 5) is 58.4. The van der Waals surface area contributed by atoms with Crippen LogP contribution in [0.4, 0.5) is 14.0 Å². The number of rotatable bonds is 4. The summed E-state index contributed by atoms with van der Waals surface area (Å²) in [5, 5.41) is 5.04. The molecule has 8 aliphatic rings. The van der Waals surface area contributed by atoms with Crippen LogP contribution in [0, 0.1) is 66.0 Å². The Kier molecular flexibility index (Phi) is 5.20. The molecule has 7 aliphatic carbocycles. The summed E-state index contributed by atoms with van der Waals surface area (Å²) in [6.45, 7) is 18.2. The van der Waals surface area contributed by atoms with E-state index in [1.165, 1.54) is 11.8 Å². The van der Waals surface area contributed by atoms with E-state index in [0.29, 0.717) is 47.4 Å². The van der Waals surface area contributed by atoms with Crippen LogP contribution >= 0.6 is 0 Å². The van der Waals surface area contributed by atoms with Crippen molar-refractivity contribution in [3.05, 3.63) is 63.2 Å². The molecule has 2 spiro atoms. The van der Waals surface area contributed by atoms with Crippen LogP contribution < -0.4 is 5.69 Å². The number of carbonyl (C=O) groups excluding carboxylic acids is 3. The fourth-order valence-corrected chi connectivity index (χ4v) is 14.6. The third-order valence-electron chi connectivity index (χ3n) is 15.0. The second-order valence-corrected chi connectivity index (χ2v) is 19.3. The van der Waals surface area contributed by atoms with Gasteiger partial charge in [-0.05, 0) is 132 Å². The SMILES string of the molecule is CC(=O)N(C(=O)OC(C)(C)C)C12C3C4C35C1C13C2C1C4(n1ccn(-c2c4c(nn2-c2cc(C)c(F)c(C)c2)CCN(C(=O)OC(C)(C)C)C4C)c1=O)C53. The molecule has 0 bridgehead atoms. The van der Waals surface area contributed by atoms with Crippen LogP contribution in [0.25, 0.3) is 11.5 Å². The number of benzene rings is 1. The highest BCUT2D eigenvalue weighted by Gasteiger charge is 3.32. The van der Waals surface area contributed by atoms with Crippen molar-refractivity contribution in [1.29, 1.82) is 0 Å². The highest BCUT2D eigenvalue weighted by Crippen LogP contribution is 3.28. The third-order valence-corrected chi connectivity index (χ3v) is 15.0. The number of halogens is 1. The monoisotopic (exact) mass is 724 g/mol. The van der Waals surface area contributed by atoms with E-state index in [0.717, 1.165) is 11.3 Å². The first kappa shape index (κ1) is 32.0. The summed E-state index contributed by atoms with van der Waals surface area (Å²) >= 11 is 0. The molecule has 12 nitrogen and oxygen atoms in total. The van der Waals surface area contributed by atoms with Crippen molar-refractivity contribution < 1.29 is 28.2 Å². The Morgan fingerprint density at radius 2 is 1.53 bits per heavy atom. The van der Waals surface area contributed by atoms with E-state index in [9.17, 15) is 23.6 Å². The van der Waals surface area contributed by atoms with E-state index in [-0.39, 0.29) is 57.5 Å². The van der Waals surface area contributed by atoms with E-state index in [2.05, 4.69) is 0 Å². The first-order valence-corrected chi connectivity index (χ1v) is 19.0. The molecule has 1 aliphatic heterocycles. The average molecular weight is 725 g/mol. The van der Waals surface area contributed by atoms with Gasteiger partial charge in [0.25, 0.3) is 0 Å². The number of imide groups is 1. The normalized spacial score (nSPS) is 39.1. The lowest BCUT2D eigenvalue weighted by atomic mass is 9.19. The quantitative estimate of drug-likeness (QED) is 0.353. The second kappa shape index (κ2) is 8.60. The van der Waals surface area contributed by atoms with Gasteiger partial charge in [0.15, 0.2) is 0 Å². The molecule has 3 amide bonds. The number of carbonyl (C=O) groups is 3. The van der Waals surface area contributed by atoms with Crippen molar-refractivity contribution >= 4 is 18.1 Å². The first-order chi connectivity index (χ1) is 24.8. The number of imidazole rings is 1. The number of hydrogen-bond acceptors (Lipinski definition) is 7. The molecular weight excluding hydrogens is 679 g/mol. The van der Waals surface area contributed by atoms with E-state index in [1.807, 2.05) is 65.4 Å². The molecule has 7 saturated carbocycles. The number of amides is 3. The molecule has 7 unspecified atom stereocenters. The maximum atomic E-state index is 15.0. The van der Waals surface area contributed by atoms with Crippen LogP contribution in [0.2, 0.25) is 0 Å². The fraction of sp³-hybridized carbons (Fsp3) is 0.625. The van der Waals surface area contributed by atoms with Gasteiger partial charge in [0.1, 0.15) is 22.8 Å². The first-order valence-electron chi connectivity index (χ1n) is 19.0. The predicted molar refractivity (Wildman–Crippen MR) is 187 cm³/mol. The van der Waals surface area contributed by atoms with Gasteiger partial charge in [-0.25, -0.2) is 28.4 Å². The number of fused-ring (bicyclic) bond motifs is 7. The van der Waals surface area contributed by atoms with Crippen LogP contribution in [0.3, 0.4) is 0 Å². The number of nitrogens with zero attached hydrogens (tertiary/aromatic N) is 6. The lowest BCUT2D eigenvalue weighted by molar-refractivity contribution is -0.401. The third kappa shape index (κ3) is 2.93. The van der Waals surface area contributed by atoms with Crippen molar-refractivity contribution in [3.63, 3.8) is 0 Å². The Bertz CT molecular complexity index is 2320. The maximum Gasteiger partial charge on any atom is 0.417 e. The number of aryl methyl sites for hydroxylation is 2. The van der Waals surface area contributed by atoms with Gasteiger partial charge in [0.2, 0.25) is 5.91 Å². The zero-order valence-electron chi connectivity index (χ0n) is 31.8. The van der Waals surface area contributed by atoms with Gasteiger partial charge in [-0.15, -0.1) is 0 Å². The zero-order chi connectivity index (χ0) is 37.6.